The van der Waals surface area contributed by atoms with E-state index in [1.54, 1.807) is 30.3 Å². The lowest BCUT2D eigenvalue weighted by atomic mass is 10.3. The molecule has 0 radical (unpaired) electrons. The van der Waals surface area contributed by atoms with Gasteiger partial charge in [0, 0.05) is 6.07 Å². The Hall–Kier alpha value is -1.49. The van der Waals surface area contributed by atoms with Crippen LogP contribution in [-0.2, 0) is 10.0 Å². The van der Waals surface area contributed by atoms with Crippen LogP contribution in [0.25, 0.3) is 0 Å². The second kappa shape index (κ2) is 4.84. The van der Waals surface area contributed by atoms with Crippen LogP contribution >= 0.6 is 0 Å². The second-order valence-corrected chi connectivity index (χ2v) is 4.75. The normalized spacial score (nSPS) is 10.7. The van der Waals surface area contributed by atoms with Crippen molar-refractivity contribution in [3.63, 3.8) is 0 Å². The van der Waals surface area contributed by atoms with Crippen molar-refractivity contribution in [2.24, 2.45) is 0 Å². The van der Waals surface area contributed by atoms with Gasteiger partial charge in [-0.25, -0.2) is 8.42 Å². The summed E-state index contributed by atoms with van der Waals surface area (Å²) in [6.07, 6.45) is 2.72. The van der Waals surface area contributed by atoms with E-state index in [0.29, 0.717) is 18.0 Å². The predicted molar refractivity (Wildman–Crippen MR) is 60.6 cm³/mol. The van der Waals surface area contributed by atoms with E-state index >= 15 is 0 Å². The molecule has 1 rings (SSSR count). The molecule has 0 aromatic heterocycles. The molecule has 0 atom stereocenters. The molecule has 0 amide bonds. The topological polar surface area (TPSA) is 55.4 Å². The molecule has 1 N–H and O–H groups in total. The Morgan fingerprint density at radius 1 is 1.53 bits per heavy atom. The van der Waals surface area contributed by atoms with Crippen molar-refractivity contribution in [1.82, 2.24) is 0 Å². The van der Waals surface area contributed by atoms with Gasteiger partial charge in [-0.1, -0.05) is 18.7 Å². The monoisotopic (exact) mass is 227 g/mol. The average Bonchev–Trinajstić information content (AvgIpc) is 2.12. The number of benzene rings is 1. The third-order valence-electron chi connectivity index (χ3n) is 1.51. The van der Waals surface area contributed by atoms with Gasteiger partial charge in [-0.3, -0.25) is 4.72 Å². The van der Waals surface area contributed by atoms with Crippen LogP contribution < -0.4 is 9.46 Å². The lowest BCUT2D eigenvalue weighted by molar-refractivity contribution is 0.363. The van der Waals surface area contributed by atoms with Gasteiger partial charge in [0.2, 0.25) is 10.0 Å². The van der Waals surface area contributed by atoms with E-state index in [4.69, 9.17) is 4.74 Å². The van der Waals surface area contributed by atoms with Gasteiger partial charge in [0.05, 0.1) is 11.9 Å². The van der Waals surface area contributed by atoms with Crippen molar-refractivity contribution in [3.8, 4) is 5.75 Å². The molecule has 0 unspecified atom stereocenters. The number of hydrogen-bond acceptors (Lipinski definition) is 3. The Morgan fingerprint density at radius 3 is 2.87 bits per heavy atom. The molecule has 0 bridgehead atoms. The summed E-state index contributed by atoms with van der Waals surface area (Å²) in [5.41, 5.74) is 0.485. The zero-order valence-corrected chi connectivity index (χ0v) is 9.25. The van der Waals surface area contributed by atoms with E-state index in [9.17, 15) is 8.42 Å². The molecule has 15 heavy (non-hydrogen) atoms. The van der Waals surface area contributed by atoms with Gasteiger partial charge in [-0.15, -0.1) is 0 Å². The standard InChI is InChI=1S/C10H13NO3S/c1-3-7-14-10-6-4-5-9(8-10)11-15(2,12)13/h3-6,8,11H,1,7H2,2H3. The second-order valence-electron chi connectivity index (χ2n) is 3.00. The lowest BCUT2D eigenvalue weighted by Crippen LogP contribution is -2.09. The van der Waals surface area contributed by atoms with Crippen LogP contribution in [0.4, 0.5) is 5.69 Å². The van der Waals surface area contributed by atoms with E-state index in [2.05, 4.69) is 11.3 Å². The highest BCUT2D eigenvalue weighted by molar-refractivity contribution is 7.92. The van der Waals surface area contributed by atoms with Crippen molar-refractivity contribution < 1.29 is 13.2 Å². The Morgan fingerprint density at radius 2 is 2.27 bits per heavy atom. The van der Waals surface area contributed by atoms with Gasteiger partial charge in [0.25, 0.3) is 0 Å². The molecule has 0 fully saturated rings. The van der Waals surface area contributed by atoms with E-state index in [-0.39, 0.29) is 0 Å². The minimum absolute atomic E-state index is 0.391. The number of ether oxygens (including phenoxy) is 1. The maximum atomic E-state index is 11.0. The zero-order valence-electron chi connectivity index (χ0n) is 8.43. The molecule has 0 aliphatic heterocycles. The molecule has 5 heteroatoms. The van der Waals surface area contributed by atoms with Gasteiger partial charge < -0.3 is 4.74 Å². The number of hydrogen-bond donors (Lipinski definition) is 1. The maximum absolute atomic E-state index is 11.0. The Balaban J connectivity index is 2.78. The van der Waals surface area contributed by atoms with Crippen LogP contribution in [-0.4, -0.2) is 21.3 Å². The molecule has 1 aromatic carbocycles. The largest absolute Gasteiger partial charge is 0.489 e. The van der Waals surface area contributed by atoms with Crippen LogP contribution in [0.5, 0.6) is 5.75 Å². The number of rotatable bonds is 5. The fourth-order valence-electron chi connectivity index (χ4n) is 1.02. The Bertz CT molecular complexity index is 440. The molecular weight excluding hydrogens is 214 g/mol. The van der Waals surface area contributed by atoms with Crippen LogP contribution in [0.1, 0.15) is 0 Å². The van der Waals surface area contributed by atoms with E-state index < -0.39 is 10.0 Å². The summed E-state index contributed by atoms with van der Waals surface area (Å²) in [7, 11) is -3.24. The lowest BCUT2D eigenvalue weighted by Gasteiger charge is -2.06. The molecule has 1 aromatic rings. The first-order valence-corrected chi connectivity index (χ1v) is 6.22. The summed E-state index contributed by atoms with van der Waals surface area (Å²) in [5.74, 6) is 0.601. The summed E-state index contributed by atoms with van der Waals surface area (Å²) >= 11 is 0. The summed E-state index contributed by atoms with van der Waals surface area (Å²) in [5, 5.41) is 0. The van der Waals surface area contributed by atoms with Crippen LogP contribution in [0, 0.1) is 0 Å². The van der Waals surface area contributed by atoms with Crippen LogP contribution in [0.15, 0.2) is 36.9 Å². The molecule has 0 spiro atoms. The van der Waals surface area contributed by atoms with Crippen molar-refractivity contribution in [2.75, 3.05) is 17.6 Å². The molecule has 4 nitrogen and oxygen atoms in total. The quantitative estimate of drug-likeness (QED) is 0.778. The number of anilines is 1. The van der Waals surface area contributed by atoms with Crippen molar-refractivity contribution in [1.29, 1.82) is 0 Å². The minimum atomic E-state index is -3.24. The van der Waals surface area contributed by atoms with Gasteiger partial charge in [-0.05, 0) is 12.1 Å². The van der Waals surface area contributed by atoms with Gasteiger partial charge in [0.15, 0.2) is 0 Å². The number of nitrogens with one attached hydrogen (secondary N) is 1. The number of sulfonamides is 1. The van der Waals surface area contributed by atoms with E-state index in [1.165, 1.54) is 0 Å². The smallest absolute Gasteiger partial charge is 0.229 e. The average molecular weight is 227 g/mol. The van der Waals surface area contributed by atoms with Gasteiger partial charge >= 0.3 is 0 Å². The van der Waals surface area contributed by atoms with Crippen molar-refractivity contribution >= 4 is 15.7 Å². The zero-order chi connectivity index (χ0) is 11.3. The Labute approximate surface area is 89.6 Å². The highest BCUT2D eigenvalue weighted by Gasteiger charge is 2.02. The summed E-state index contributed by atoms with van der Waals surface area (Å²) in [6, 6.07) is 6.73. The van der Waals surface area contributed by atoms with Gasteiger partial charge in [0.1, 0.15) is 12.4 Å². The summed E-state index contributed by atoms with van der Waals surface area (Å²) in [4.78, 5) is 0. The summed E-state index contributed by atoms with van der Waals surface area (Å²) in [6.45, 7) is 3.91. The maximum Gasteiger partial charge on any atom is 0.229 e. The first kappa shape index (κ1) is 11.6. The molecule has 0 saturated heterocycles. The van der Waals surface area contributed by atoms with E-state index in [1.807, 2.05) is 0 Å². The Kier molecular flexibility index (Phi) is 3.74. The highest BCUT2D eigenvalue weighted by atomic mass is 32.2. The van der Waals surface area contributed by atoms with Gasteiger partial charge in [-0.2, -0.15) is 0 Å². The van der Waals surface area contributed by atoms with E-state index in [0.717, 1.165) is 6.26 Å². The molecule has 0 heterocycles. The first-order chi connectivity index (χ1) is 7.01. The minimum Gasteiger partial charge on any atom is -0.489 e. The SMILES string of the molecule is C=CCOc1cccc(NS(C)(=O)=O)c1. The van der Waals surface area contributed by atoms with Crippen LogP contribution in [0.3, 0.4) is 0 Å². The fraction of sp³-hybridized carbons (Fsp3) is 0.200. The third kappa shape index (κ3) is 4.51. The first-order valence-electron chi connectivity index (χ1n) is 4.33. The van der Waals surface area contributed by atoms with Crippen LogP contribution in [0.2, 0.25) is 0 Å². The molecule has 0 aliphatic rings. The van der Waals surface area contributed by atoms with Crippen molar-refractivity contribution in [2.45, 2.75) is 0 Å². The molecule has 0 aliphatic carbocycles. The summed E-state index contributed by atoms with van der Waals surface area (Å²) < 4.78 is 29.5. The molecular formula is C10H13NO3S. The molecule has 0 saturated carbocycles. The van der Waals surface area contributed by atoms with Crippen molar-refractivity contribution in [3.05, 3.63) is 36.9 Å². The molecule has 82 valence electrons. The highest BCUT2D eigenvalue weighted by Crippen LogP contribution is 2.17. The third-order valence-corrected chi connectivity index (χ3v) is 2.11. The predicted octanol–water partition coefficient (Wildman–Crippen LogP) is 1.62. The fourth-order valence-corrected chi connectivity index (χ4v) is 1.57.